The quantitative estimate of drug-likeness (QED) is 0.804. The second-order valence-electron chi connectivity index (χ2n) is 4.76. The Morgan fingerprint density at radius 3 is 2.74 bits per heavy atom. The van der Waals surface area contributed by atoms with Gasteiger partial charge in [0.1, 0.15) is 5.75 Å². The standard InChI is InChI=1S/C16H18BrNO/c1-12(2)15-11-13(17)6-7-16(15)19-10-8-14-5-3-4-9-18-14/h3-7,9,11-12H,8,10H2,1-2H3. The Morgan fingerprint density at radius 2 is 2.05 bits per heavy atom. The Labute approximate surface area is 123 Å². The van der Waals surface area contributed by atoms with Gasteiger partial charge in [-0.1, -0.05) is 35.8 Å². The Bertz CT molecular complexity index is 526. The third-order valence-electron chi connectivity index (χ3n) is 2.94. The lowest BCUT2D eigenvalue weighted by Crippen LogP contribution is -2.05. The molecule has 2 rings (SSSR count). The summed E-state index contributed by atoms with van der Waals surface area (Å²) in [6.07, 6.45) is 2.64. The minimum Gasteiger partial charge on any atom is -0.493 e. The number of benzene rings is 1. The fourth-order valence-corrected chi connectivity index (χ4v) is 2.29. The molecule has 1 aromatic carbocycles. The molecule has 100 valence electrons. The van der Waals surface area contributed by atoms with Gasteiger partial charge in [-0.3, -0.25) is 4.98 Å². The Morgan fingerprint density at radius 1 is 1.21 bits per heavy atom. The molecule has 0 saturated heterocycles. The van der Waals surface area contributed by atoms with E-state index in [1.807, 2.05) is 36.5 Å². The number of hydrogen-bond acceptors (Lipinski definition) is 2. The van der Waals surface area contributed by atoms with Gasteiger partial charge in [-0.05, 0) is 41.8 Å². The van der Waals surface area contributed by atoms with Crippen molar-refractivity contribution in [1.29, 1.82) is 0 Å². The van der Waals surface area contributed by atoms with E-state index < -0.39 is 0 Å². The van der Waals surface area contributed by atoms with Crippen LogP contribution in [0.4, 0.5) is 0 Å². The first-order chi connectivity index (χ1) is 9.16. The molecule has 0 N–H and O–H groups in total. The Balaban J connectivity index is 2.00. The molecule has 0 saturated carbocycles. The minimum absolute atomic E-state index is 0.447. The molecule has 0 unspecified atom stereocenters. The summed E-state index contributed by atoms with van der Waals surface area (Å²) in [7, 11) is 0. The van der Waals surface area contributed by atoms with Gasteiger partial charge in [-0.25, -0.2) is 0 Å². The summed E-state index contributed by atoms with van der Waals surface area (Å²) in [6.45, 7) is 5.00. The zero-order valence-corrected chi connectivity index (χ0v) is 12.9. The van der Waals surface area contributed by atoms with Crippen molar-refractivity contribution in [2.24, 2.45) is 0 Å². The van der Waals surface area contributed by atoms with E-state index in [-0.39, 0.29) is 0 Å². The lowest BCUT2D eigenvalue weighted by atomic mass is 10.0. The number of rotatable bonds is 5. The molecular formula is C16H18BrNO. The molecule has 0 bridgehead atoms. The van der Waals surface area contributed by atoms with E-state index >= 15 is 0 Å². The van der Waals surface area contributed by atoms with Crippen LogP contribution in [0.25, 0.3) is 0 Å². The van der Waals surface area contributed by atoms with Crippen molar-refractivity contribution in [2.75, 3.05) is 6.61 Å². The van der Waals surface area contributed by atoms with Crippen LogP contribution in [0, 0.1) is 0 Å². The highest BCUT2D eigenvalue weighted by molar-refractivity contribution is 9.10. The fraction of sp³-hybridized carbons (Fsp3) is 0.312. The summed E-state index contributed by atoms with van der Waals surface area (Å²) in [5.41, 5.74) is 2.29. The highest BCUT2D eigenvalue weighted by Crippen LogP contribution is 2.29. The molecule has 2 nitrogen and oxygen atoms in total. The van der Waals surface area contributed by atoms with Crippen molar-refractivity contribution in [1.82, 2.24) is 4.98 Å². The monoisotopic (exact) mass is 319 g/mol. The third-order valence-corrected chi connectivity index (χ3v) is 3.43. The van der Waals surface area contributed by atoms with Crippen molar-refractivity contribution in [3.63, 3.8) is 0 Å². The topological polar surface area (TPSA) is 22.1 Å². The predicted molar refractivity (Wildman–Crippen MR) is 81.7 cm³/mol. The zero-order valence-electron chi connectivity index (χ0n) is 11.3. The van der Waals surface area contributed by atoms with Crippen molar-refractivity contribution in [2.45, 2.75) is 26.2 Å². The van der Waals surface area contributed by atoms with Gasteiger partial charge in [0.15, 0.2) is 0 Å². The minimum atomic E-state index is 0.447. The summed E-state index contributed by atoms with van der Waals surface area (Å²) < 4.78 is 6.99. The number of pyridine rings is 1. The fourth-order valence-electron chi connectivity index (χ4n) is 1.91. The van der Waals surface area contributed by atoms with Crippen molar-refractivity contribution < 1.29 is 4.74 Å². The van der Waals surface area contributed by atoms with Crippen molar-refractivity contribution in [3.05, 3.63) is 58.3 Å². The molecule has 19 heavy (non-hydrogen) atoms. The summed E-state index contributed by atoms with van der Waals surface area (Å²) in [5.74, 6) is 1.41. The highest BCUT2D eigenvalue weighted by atomic mass is 79.9. The molecule has 0 aliphatic rings. The molecule has 0 aliphatic carbocycles. The van der Waals surface area contributed by atoms with E-state index in [0.29, 0.717) is 12.5 Å². The van der Waals surface area contributed by atoms with Gasteiger partial charge in [-0.2, -0.15) is 0 Å². The van der Waals surface area contributed by atoms with Crippen LogP contribution in [-0.2, 0) is 6.42 Å². The Kier molecular flexibility index (Phi) is 4.97. The highest BCUT2D eigenvalue weighted by Gasteiger charge is 2.08. The SMILES string of the molecule is CC(C)c1cc(Br)ccc1OCCc1ccccn1. The van der Waals surface area contributed by atoms with Gasteiger partial charge in [0.05, 0.1) is 6.61 Å². The van der Waals surface area contributed by atoms with Crippen LogP contribution >= 0.6 is 15.9 Å². The summed E-state index contributed by atoms with van der Waals surface area (Å²) in [5, 5.41) is 0. The first-order valence-corrected chi connectivity index (χ1v) is 7.28. The smallest absolute Gasteiger partial charge is 0.122 e. The van der Waals surface area contributed by atoms with Gasteiger partial charge in [0.25, 0.3) is 0 Å². The lowest BCUT2D eigenvalue weighted by molar-refractivity contribution is 0.316. The number of hydrogen-bond donors (Lipinski definition) is 0. The maximum absolute atomic E-state index is 5.90. The largest absolute Gasteiger partial charge is 0.493 e. The zero-order chi connectivity index (χ0) is 13.7. The molecule has 2 aromatic rings. The van der Waals surface area contributed by atoms with E-state index in [0.717, 1.165) is 22.3 Å². The van der Waals surface area contributed by atoms with Crippen molar-refractivity contribution in [3.8, 4) is 5.75 Å². The van der Waals surface area contributed by atoms with E-state index in [9.17, 15) is 0 Å². The average molecular weight is 320 g/mol. The number of aromatic nitrogens is 1. The van der Waals surface area contributed by atoms with Gasteiger partial charge in [-0.15, -0.1) is 0 Å². The third kappa shape index (κ3) is 4.06. The molecule has 0 radical (unpaired) electrons. The molecule has 0 fully saturated rings. The van der Waals surface area contributed by atoms with Crippen LogP contribution in [0.2, 0.25) is 0 Å². The predicted octanol–water partition coefficient (Wildman–Crippen LogP) is 4.59. The first kappa shape index (κ1) is 14.1. The molecular weight excluding hydrogens is 302 g/mol. The van der Waals surface area contributed by atoms with E-state index in [1.165, 1.54) is 5.56 Å². The van der Waals surface area contributed by atoms with Crippen LogP contribution in [0.1, 0.15) is 31.0 Å². The number of nitrogens with zero attached hydrogens (tertiary/aromatic N) is 1. The van der Waals surface area contributed by atoms with Gasteiger partial charge in [0.2, 0.25) is 0 Å². The summed E-state index contributed by atoms with van der Waals surface area (Å²) in [6, 6.07) is 12.1. The lowest BCUT2D eigenvalue weighted by Gasteiger charge is -2.14. The molecule has 3 heteroatoms. The maximum atomic E-state index is 5.90. The van der Waals surface area contributed by atoms with Crippen LogP contribution < -0.4 is 4.74 Å². The maximum Gasteiger partial charge on any atom is 0.122 e. The number of halogens is 1. The van der Waals surface area contributed by atoms with Crippen LogP contribution in [0.5, 0.6) is 5.75 Å². The molecule has 1 aromatic heterocycles. The average Bonchev–Trinajstić information content (AvgIpc) is 2.41. The summed E-state index contributed by atoms with van der Waals surface area (Å²) >= 11 is 3.50. The Hall–Kier alpha value is -1.35. The molecule has 0 amide bonds. The van der Waals surface area contributed by atoms with Crippen LogP contribution in [0.15, 0.2) is 47.1 Å². The molecule has 1 heterocycles. The van der Waals surface area contributed by atoms with Crippen molar-refractivity contribution >= 4 is 15.9 Å². The normalized spacial score (nSPS) is 10.7. The van der Waals surface area contributed by atoms with Crippen LogP contribution in [0.3, 0.4) is 0 Å². The van der Waals surface area contributed by atoms with Gasteiger partial charge >= 0.3 is 0 Å². The molecule has 0 aliphatic heterocycles. The van der Waals surface area contributed by atoms with E-state index in [4.69, 9.17) is 4.74 Å². The second-order valence-corrected chi connectivity index (χ2v) is 5.67. The second kappa shape index (κ2) is 6.71. The van der Waals surface area contributed by atoms with E-state index in [1.54, 1.807) is 0 Å². The molecule has 0 atom stereocenters. The van der Waals surface area contributed by atoms with Gasteiger partial charge in [0, 0.05) is 22.8 Å². The van der Waals surface area contributed by atoms with E-state index in [2.05, 4.69) is 40.8 Å². The summed E-state index contributed by atoms with van der Waals surface area (Å²) in [4.78, 5) is 4.29. The molecule has 0 spiro atoms. The van der Waals surface area contributed by atoms with Crippen LogP contribution in [-0.4, -0.2) is 11.6 Å². The number of ether oxygens (including phenoxy) is 1. The van der Waals surface area contributed by atoms with Gasteiger partial charge < -0.3 is 4.74 Å². The first-order valence-electron chi connectivity index (χ1n) is 6.49.